The molecule has 1 amide bonds. The van der Waals surface area contributed by atoms with Crippen LogP contribution < -0.4 is 10.6 Å². The molecule has 0 spiro atoms. The Bertz CT molecular complexity index is 280. The number of hydrogen-bond acceptors (Lipinski definition) is 4. The van der Waals surface area contributed by atoms with E-state index in [1.165, 1.54) is 25.8 Å². The van der Waals surface area contributed by atoms with Crippen LogP contribution in [0.3, 0.4) is 0 Å². The molecule has 2 saturated heterocycles. The summed E-state index contributed by atoms with van der Waals surface area (Å²) in [6.07, 6.45) is 4.71. The first-order valence-corrected chi connectivity index (χ1v) is 7.61. The lowest BCUT2D eigenvalue weighted by molar-refractivity contribution is -0.134. The predicted octanol–water partition coefficient (Wildman–Crippen LogP) is 0.356. The minimum atomic E-state index is -0.303. The Morgan fingerprint density at radius 1 is 1.47 bits per heavy atom. The number of ether oxygens (including phenoxy) is 1. The molecule has 0 aromatic rings. The monoisotopic (exact) mass is 269 g/mol. The van der Waals surface area contributed by atoms with Crippen LogP contribution in [0.4, 0.5) is 0 Å². The number of carbonyl (C=O) groups excluding carboxylic acids is 1. The average molecular weight is 269 g/mol. The predicted molar refractivity (Wildman–Crippen MR) is 75.1 cm³/mol. The van der Waals surface area contributed by atoms with Crippen molar-refractivity contribution in [2.45, 2.75) is 44.8 Å². The zero-order valence-electron chi connectivity index (χ0n) is 12.0. The molecule has 0 aromatic carbocycles. The van der Waals surface area contributed by atoms with Crippen LogP contribution in [0.2, 0.25) is 0 Å². The van der Waals surface area contributed by atoms with Crippen LogP contribution in [0.15, 0.2) is 0 Å². The second-order valence-corrected chi connectivity index (χ2v) is 5.59. The van der Waals surface area contributed by atoms with E-state index in [0.717, 1.165) is 26.1 Å². The third-order valence-electron chi connectivity index (χ3n) is 4.08. The lowest BCUT2D eigenvalue weighted by Gasteiger charge is -2.33. The Hall–Kier alpha value is -0.650. The first-order valence-electron chi connectivity index (χ1n) is 7.61. The minimum absolute atomic E-state index is 0.0268. The topological polar surface area (TPSA) is 53.6 Å². The van der Waals surface area contributed by atoms with E-state index in [4.69, 9.17) is 4.74 Å². The van der Waals surface area contributed by atoms with Gasteiger partial charge < -0.3 is 20.3 Å². The molecule has 5 heteroatoms. The molecule has 2 unspecified atom stereocenters. The normalized spacial score (nSPS) is 29.1. The highest BCUT2D eigenvalue weighted by atomic mass is 16.5. The quantitative estimate of drug-likeness (QED) is 0.708. The Kier molecular flexibility index (Phi) is 6.07. The van der Waals surface area contributed by atoms with Gasteiger partial charge in [-0.15, -0.1) is 0 Å². The molecule has 2 aliphatic heterocycles. The van der Waals surface area contributed by atoms with E-state index in [9.17, 15) is 4.79 Å². The highest BCUT2D eigenvalue weighted by molar-refractivity contribution is 5.81. The van der Waals surface area contributed by atoms with Crippen LogP contribution in [0, 0.1) is 0 Å². The number of carbonyl (C=O) groups is 1. The summed E-state index contributed by atoms with van der Waals surface area (Å²) < 4.78 is 5.42. The molecule has 2 fully saturated rings. The minimum Gasteiger partial charge on any atom is -0.366 e. The SMILES string of the molecule is CC1CCCCN1CCCNC(=O)C1CNCCO1. The zero-order chi connectivity index (χ0) is 13.5. The van der Waals surface area contributed by atoms with Gasteiger partial charge in [-0.05, 0) is 32.7 Å². The first kappa shape index (κ1) is 14.8. The maximum absolute atomic E-state index is 11.8. The summed E-state index contributed by atoms with van der Waals surface area (Å²) in [6.45, 7) is 7.46. The summed E-state index contributed by atoms with van der Waals surface area (Å²) in [4.78, 5) is 14.4. The molecule has 0 saturated carbocycles. The van der Waals surface area contributed by atoms with Crippen LogP contribution in [0.1, 0.15) is 32.6 Å². The van der Waals surface area contributed by atoms with Gasteiger partial charge in [-0.1, -0.05) is 6.42 Å². The van der Waals surface area contributed by atoms with Crippen LogP contribution in [-0.4, -0.2) is 62.3 Å². The van der Waals surface area contributed by atoms with Crippen molar-refractivity contribution in [1.82, 2.24) is 15.5 Å². The van der Waals surface area contributed by atoms with Crippen LogP contribution in [-0.2, 0) is 9.53 Å². The van der Waals surface area contributed by atoms with E-state index in [-0.39, 0.29) is 12.0 Å². The molecule has 19 heavy (non-hydrogen) atoms. The Morgan fingerprint density at radius 2 is 2.37 bits per heavy atom. The van der Waals surface area contributed by atoms with Gasteiger partial charge in [0.1, 0.15) is 6.10 Å². The zero-order valence-corrected chi connectivity index (χ0v) is 12.0. The van der Waals surface area contributed by atoms with Gasteiger partial charge in [-0.2, -0.15) is 0 Å². The van der Waals surface area contributed by atoms with Crippen LogP contribution >= 0.6 is 0 Å². The molecule has 0 radical (unpaired) electrons. The average Bonchev–Trinajstić information content (AvgIpc) is 2.46. The number of piperidine rings is 1. The van der Waals surface area contributed by atoms with Crippen molar-refractivity contribution in [3.05, 3.63) is 0 Å². The molecule has 2 atom stereocenters. The molecule has 2 heterocycles. The van der Waals surface area contributed by atoms with E-state index in [1.807, 2.05) is 0 Å². The van der Waals surface area contributed by atoms with Gasteiger partial charge in [0.25, 0.3) is 0 Å². The molecular weight excluding hydrogens is 242 g/mol. The fourth-order valence-corrected chi connectivity index (χ4v) is 2.83. The summed E-state index contributed by atoms with van der Waals surface area (Å²) >= 11 is 0. The summed E-state index contributed by atoms with van der Waals surface area (Å²) in [5.74, 6) is 0.0268. The number of rotatable bonds is 5. The van der Waals surface area contributed by atoms with Crippen LogP contribution in [0.5, 0.6) is 0 Å². The van der Waals surface area contributed by atoms with Crippen molar-refractivity contribution in [1.29, 1.82) is 0 Å². The molecule has 110 valence electrons. The molecule has 0 bridgehead atoms. The first-order chi connectivity index (χ1) is 9.27. The third kappa shape index (κ3) is 4.75. The number of morpholine rings is 1. The van der Waals surface area contributed by atoms with Crippen molar-refractivity contribution in [2.75, 3.05) is 39.3 Å². The van der Waals surface area contributed by atoms with Crippen LogP contribution in [0.25, 0.3) is 0 Å². The largest absolute Gasteiger partial charge is 0.366 e. The van der Waals surface area contributed by atoms with Gasteiger partial charge in [-0.3, -0.25) is 4.79 Å². The molecule has 0 aliphatic carbocycles. The Morgan fingerprint density at radius 3 is 3.11 bits per heavy atom. The highest BCUT2D eigenvalue weighted by Crippen LogP contribution is 2.15. The van der Waals surface area contributed by atoms with Crippen molar-refractivity contribution < 1.29 is 9.53 Å². The summed E-state index contributed by atoms with van der Waals surface area (Å²) in [5.41, 5.74) is 0. The van der Waals surface area contributed by atoms with Crippen molar-refractivity contribution in [3.63, 3.8) is 0 Å². The number of amides is 1. The van der Waals surface area contributed by atoms with Gasteiger partial charge >= 0.3 is 0 Å². The summed E-state index contributed by atoms with van der Waals surface area (Å²) in [6, 6.07) is 0.704. The van der Waals surface area contributed by atoms with Gasteiger partial charge in [0, 0.05) is 32.2 Å². The fraction of sp³-hybridized carbons (Fsp3) is 0.929. The van der Waals surface area contributed by atoms with Crippen molar-refractivity contribution in [3.8, 4) is 0 Å². The maximum atomic E-state index is 11.8. The molecular formula is C14H27N3O2. The van der Waals surface area contributed by atoms with E-state index < -0.39 is 0 Å². The van der Waals surface area contributed by atoms with Gasteiger partial charge in [0.2, 0.25) is 5.91 Å². The number of likely N-dealkylation sites (tertiary alicyclic amines) is 1. The van der Waals surface area contributed by atoms with Gasteiger partial charge in [0.15, 0.2) is 0 Å². The lowest BCUT2D eigenvalue weighted by atomic mass is 10.0. The molecule has 2 aliphatic rings. The Labute approximate surface area is 116 Å². The number of nitrogens with zero attached hydrogens (tertiary/aromatic N) is 1. The third-order valence-corrected chi connectivity index (χ3v) is 4.08. The van der Waals surface area contributed by atoms with E-state index in [0.29, 0.717) is 19.2 Å². The van der Waals surface area contributed by atoms with E-state index in [1.54, 1.807) is 0 Å². The molecule has 2 rings (SSSR count). The van der Waals surface area contributed by atoms with Gasteiger partial charge in [0.05, 0.1) is 6.61 Å². The number of nitrogens with one attached hydrogen (secondary N) is 2. The summed E-state index contributed by atoms with van der Waals surface area (Å²) in [7, 11) is 0. The van der Waals surface area contributed by atoms with Crippen molar-refractivity contribution >= 4 is 5.91 Å². The highest BCUT2D eigenvalue weighted by Gasteiger charge is 2.21. The second-order valence-electron chi connectivity index (χ2n) is 5.59. The fourth-order valence-electron chi connectivity index (χ4n) is 2.83. The number of hydrogen-bond donors (Lipinski definition) is 2. The molecule has 0 aromatic heterocycles. The Balaban J connectivity index is 1.56. The van der Waals surface area contributed by atoms with Crippen molar-refractivity contribution in [2.24, 2.45) is 0 Å². The second kappa shape index (κ2) is 7.82. The summed E-state index contributed by atoms with van der Waals surface area (Å²) in [5, 5.41) is 6.15. The standard InChI is InChI=1S/C14H27N3O2/c1-12-5-2-3-8-17(12)9-4-6-16-14(18)13-11-15-7-10-19-13/h12-13,15H,2-11H2,1H3,(H,16,18). The maximum Gasteiger partial charge on any atom is 0.250 e. The molecule has 5 nitrogen and oxygen atoms in total. The lowest BCUT2D eigenvalue weighted by Crippen LogP contribution is -2.48. The smallest absolute Gasteiger partial charge is 0.250 e. The van der Waals surface area contributed by atoms with E-state index in [2.05, 4.69) is 22.5 Å². The molecule has 2 N–H and O–H groups in total. The van der Waals surface area contributed by atoms with Gasteiger partial charge in [-0.25, -0.2) is 0 Å². The van der Waals surface area contributed by atoms with E-state index >= 15 is 0 Å².